The van der Waals surface area contributed by atoms with Crippen molar-refractivity contribution in [2.75, 3.05) is 5.75 Å². The molecule has 1 heterocycles. The zero-order valence-electron chi connectivity index (χ0n) is 11.0. The van der Waals surface area contributed by atoms with Crippen LogP contribution in [-0.2, 0) is 4.79 Å². The number of aryl methyl sites for hydroxylation is 3. The molecule has 2 rings (SSSR count). The van der Waals surface area contributed by atoms with Crippen LogP contribution < -0.4 is 5.11 Å². The average molecular weight is 276 g/mol. The molecule has 5 nitrogen and oxygen atoms in total. The third-order valence-electron chi connectivity index (χ3n) is 2.72. The number of carbonyl (C=O) groups excluding carboxylic acids is 1. The second-order valence-corrected chi connectivity index (χ2v) is 5.26. The van der Waals surface area contributed by atoms with E-state index >= 15 is 0 Å². The lowest BCUT2D eigenvalue weighted by molar-refractivity contribution is -0.301. The number of rotatable bonds is 4. The van der Waals surface area contributed by atoms with Crippen LogP contribution in [0.25, 0.3) is 5.69 Å². The molecule has 0 saturated heterocycles. The van der Waals surface area contributed by atoms with Crippen molar-refractivity contribution in [2.45, 2.75) is 25.9 Å². The minimum Gasteiger partial charge on any atom is -0.549 e. The zero-order chi connectivity index (χ0) is 14.0. The molecule has 100 valence electrons. The van der Waals surface area contributed by atoms with Gasteiger partial charge >= 0.3 is 0 Å². The first-order valence-electron chi connectivity index (χ1n) is 5.81. The first-order valence-corrected chi connectivity index (χ1v) is 6.80. The minimum atomic E-state index is -1.11. The van der Waals surface area contributed by atoms with E-state index in [-0.39, 0.29) is 5.75 Å². The van der Waals surface area contributed by atoms with Gasteiger partial charge in [0.25, 0.3) is 0 Å². The average Bonchev–Trinajstić information content (AvgIpc) is 2.71. The Morgan fingerprint density at radius 2 is 2.05 bits per heavy atom. The predicted molar refractivity (Wildman–Crippen MR) is 71.3 cm³/mol. The van der Waals surface area contributed by atoms with Gasteiger partial charge < -0.3 is 9.90 Å². The van der Waals surface area contributed by atoms with Crippen LogP contribution in [0.5, 0.6) is 0 Å². The van der Waals surface area contributed by atoms with E-state index < -0.39 is 5.97 Å². The van der Waals surface area contributed by atoms with Crippen LogP contribution in [-0.4, -0.2) is 26.5 Å². The molecule has 1 aromatic carbocycles. The van der Waals surface area contributed by atoms with Crippen molar-refractivity contribution in [3.05, 3.63) is 35.2 Å². The first-order chi connectivity index (χ1) is 8.99. The van der Waals surface area contributed by atoms with Crippen molar-refractivity contribution in [3.8, 4) is 5.69 Å². The van der Waals surface area contributed by atoms with Gasteiger partial charge in [-0.1, -0.05) is 23.9 Å². The second kappa shape index (κ2) is 5.44. The fourth-order valence-corrected chi connectivity index (χ4v) is 2.50. The van der Waals surface area contributed by atoms with Crippen molar-refractivity contribution in [2.24, 2.45) is 0 Å². The van der Waals surface area contributed by atoms with Crippen molar-refractivity contribution >= 4 is 17.7 Å². The van der Waals surface area contributed by atoms with Crippen LogP contribution in [0.2, 0.25) is 0 Å². The van der Waals surface area contributed by atoms with Crippen molar-refractivity contribution in [1.29, 1.82) is 0 Å². The molecular weight excluding hydrogens is 262 g/mol. The number of carbonyl (C=O) groups is 1. The highest BCUT2D eigenvalue weighted by molar-refractivity contribution is 7.99. The Morgan fingerprint density at radius 1 is 1.32 bits per heavy atom. The summed E-state index contributed by atoms with van der Waals surface area (Å²) < 4.78 is 1.87. The van der Waals surface area contributed by atoms with Crippen LogP contribution in [0.15, 0.2) is 23.4 Å². The lowest BCUT2D eigenvalue weighted by atomic mass is 10.1. The number of nitrogens with zero attached hydrogens (tertiary/aromatic N) is 3. The molecule has 0 unspecified atom stereocenters. The van der Waals surface area contributed by atoms with Crippen LogP contribution >= 0.6 is 11.8 Å². The molecule has 6 heteroatoms. The Bertz CT molecular complexity index is 622. The number of aromatic nitrogens is 3. The van der Waals surface area contributed by atoms with E-state index in [0.717, 1.165) is 34.4 Å². The van der Waals surface area contributed by atoms with E-state index in [1.165, 1.54) is 0 Å². The summed E-state index contributed by atoms with van der Waals surface area (Å²) in [6.07, 6.45) is 0. The number of aliphatic carboxylic acids is 1. The van der Waals surface area contributed by atoms with Gasteiger partial charge in [0.2, 0.25) is 0 Å². The van der Waals surface area contributed by atoms with Crippen LogP contribution in [0.1, 0.15) is 17.0 Å². The standard InChI is InChI=1S/C13H15N3O2S/c1-8-4-5-9(2)11(6-8)16-10(3)14-15-13(16)19-7-12(17)18/h4-6H,7H2,1-3H3,(H,17,18)/p-1. The quantitative estimate of drug-likeness (QED) is 0.780. The van der Waals surface area contributed by atoms with Gasteiger partial charge in [-0.15, -0.1) is 10.2 Å². The molecule has 1 aromatic heterocycles. The molecule has 0 radical (unpaired) electrons. The van der Waals surface area contributed by atoms with E-state index in [4.69, 9.17) is 0 Å². The summed E-state index contributed by atoms with van der Waals surface area (Å²) in [5.74, 6) is -0.518. The number of carboxylic acid groups (broad SMARTS) is 1. The normalized spacial score (nSPS) is 10.7. The molecule has 0 fully saturated rings. The van der Waals surface area contributed by atoms with Gasteiger partial charge in [-0.2, -0.15) is 0 Å². The summed E-state index contributed by atoms with van der Waals surface area (Å²) >= 11 is 1.11. The second-order valence-electron chi connectivity index (χ2n) is 4.32. The number of carboxylic acids is 1. The van der Waals surface area contributed by atoms with Crippen molar-refractivity contribution in [3.63, 3.8) is 0 Å². The monoisotopic (exact) mass is 276 g/mol. The smallest absolute Gasteiger partial charge is 0.196 e. The third kappa shape index (κ3) is 2.96. The maximum absolute atomic E-state index is 10.6. The van der Waals surface area contributed by atoms with E-state index in [2.05, 4.69) is 10.2 Å². The van der Waals surface area contributed by atoms with Crippen molar-refractivity contribution in [1.82, 2.24) is 14.8 Å². The Kier molecular flexibility index (Phi) is 3.90. The molecule has 0 aliphatic rings. The lowest BCUT2D eigenvalue weighted by Gasteiger charge is -2.12. The molecule has 0 atom stereocenters. The third-order valence-corrected chi connectivity index (χ3v) is 3.62. The number of hydrogen-bond donors (Lipinski definition) is 0. The highest BCUT2D eigenvalue weighted by Crippen LogP contribution is 2.24. The summed E-state index contributed by atoms with van der Waals surface area (Å²) in [5.41, 5.74) is 3.19. The molecule has 2 aromatic rings. The molecule has 0 N–H and O–H groups in total. The lowest BCUT2D eigenvalue weighted by Crippen LogP contribution is -2.24. The fourth-order valence-electron chi connectivity index (χ4n) is 1.80. The summed E-state index contributed by atoms with van der Waals surface area (Å²) in [7, 11) is 0. The maximum Gasteiger partial charge on any atom is 0.196 e. The Morgan fingerprint density at radius 3 is 2.74 bits per heavy atom. The van der Waals surface area contributed by atoms with Gasteiger partial charge in [0.05, 0.1) is 11.7 Å². The number of benzene rings is 1. The highest BCUT2D eigenvalue weighted by atomic mass is 32.2. The van der Waals surface area contributed by atoms with Gasteiger partial charge in [-0.3, -0.25) is 4.57 Å². The largest absolute Gasteiger partial charge is 0.549 e. The molecule has 0 aliphatic carbocycles. The highest BCUT2D eigenvalue weighted by Gasteiger charge is 2.13. The molecular formula is C13H14N3O2S-. The topological polar surface area (TPSA) is 70.8 Å². The van der Waals surface area contributed by atoms with E-state index in [9.17, 15) is 9.90 Å². The molecule has 0 amide bonds. The van der Waals surface area contributed by atoms with Gasteiger partial charge in [-0.25, -0.2) is 0 Å². The molecule has 0 bridgehead atoms. The predicted octanol–water partition coefficient (Wildman–Crippen LogP) is 1.03. The SMILES string of the molecule is Cc1ccc(C)c(-n2c(C)nnc2SCC(=O)[O-])c1. The number of hydrogen-bond acceptors (Lipinski definition) is 5. The van der Waals surface area contributed by atoms with Gasteiger partial charge in [0.1, 0.15) is 5.82 Å². The Labute approximate surface area is 115 Å². The van der Waals surface area contributed by atoms with Crippen LogP contribution in [0.4, 0.5) is 0 Å². The Balaban J connectivity index is 2.46. The van der Waals surface area contributed by atoms with Gasteiger partial charge in [0, 0.05) is 5.75 Å². The van der Waals surface area contributed by atoms with E-state index in [1.807, 2.05) is 43.5 Å². The number of thioether (sulfide) groups is 1. The van der Waals surface area contributed by atoms with Gasteiger partial charge in [-0.05, 0) is 38.0 Å². The van der Waals surface area contributed by atoms with Crippen LogP contribution in [0.3, 0.4) is 0 Å². The maximum atomic E-state index is 10.6. The molecule has 19 heavy (non-hydrogen) atoms. The summed E-state index contributed by atoms with van der Waals surface area (Å²) in [6, 6.07) is 6.10. The van der Waals surface area contributed by atoms with Crippen molar-refractivity contribution < 1.29 is 9.90 Å². The Hall–Kier alpha value is -1.82. The summed E-state index contributed by atoms with van der Waals surface area (Å²) in [6.45, 7) is 5.86. The molecule has 0 aliphatic heterocycles. The van der Waals surface area contributed by atoms with Gasteiger partial charge in [0.15, 0.2) is 5.16 Å². The fraction of sp³-hybridized carbons (Fsp3) is 0.308. The molecule has 0 spiro atoms. The first kappa shape index (κ1) is 13.6. The molecule has 0 saturated carbocycles. The summed E-state index contributed by atoms with van der Waals surface area (Å²) in [4.78, 5) is 10.6. The summed E-state index contributed by atoms with van der Waals surface area (Å²) in [5, 5.41) is 19.2. The minimum absolute atomic E-state index is 0.136. The van der Waals surface area contributed by atoms with E-state index in [0.29, 0.717) is 5.16 Å². The van der Waals surface area contributed by atoms with Crippen LogP contribution in [0, 0.1) is 20.8 Å². The zero-order valence-corrected chi connectivity index (χ0v) is 11.8. The van der Waals surface area contributed by atoms with E-state index in [1.54, 1.807) is 0 Å².